The minimum Gasteiger partial charge on any atom is -0.493 e. The Balaban J connectivity index is 1.45. The SMILES string of the molecule is COc1ccccc1OCC(=O)N1CCN(Cc2nnc(C)o2)CC1. The highest BCUT2D eigenvalue weighted by atomic mass is 16.5. The lowest BCUT2D eigenvalue weighted by Crippen LogP contribution is -2.49. The van der Waals surface area contributed by atoms with Gasteiger partial charge in [0, 0.05) is 33.1 Å². The van der Waals surface area contributed by atoms with Crippen LogP contribution in [0.2, 0.25) is 0 Å². The van der Waals surface area contributed by atoms with Gasteiger partial charge in [0.2, 0.25) is 11.8 Å². The lowest BCUT2D eigenvalue weighted by Gasteiger charge is -2.33. The number of amides is 1. The third-order valence-corrected chi connectivity index (χ3v) is 4.07. The van der Waals surface area contributed by atoms with E-state index in [1.807, 2.05) is 17.0 Å². The molecule has 8 heteroatoms. The number of piperazine rings is 1. The third kappa shape index (κ3) is 4.48. The van der Waals surface area contributed by atoms with Crippen LogP contribution in [-0.2, 0) is 11.3 Å². The maximum atomic E-state index is 12.3. The van der Waals surface area contributed by atoms with Crippen molar-refractivity contribution in [2.24, 2.45) is 0 Å². The van der Waals surface area contributed by atoms with Gasteiger partial charge in [-0.3, -0.25) is 9.69 Å². The van der Waals surface area contributed by atoms with Crippen molar-refractivity contribution in [2.45, 2.75) is 13.5 Å². The van der Waals surface area contributed by atoms with Crippen LogP contribution in [0.15, 0.2) is 28.7 Å². The Morgan fingerprint density at radius 1 is 1.16 bits per heavy atom. The maximum absolute atomic E-state index is 12.3. The third-order valence-electron chi connectivity index (χ3n) is 4.07. The van der Waals surface area contributed by atoms with E-state index in [4.69, 9.17) is 13.9 Å². The van der Waals surface area contributed by atoms with Gasteiger partial charge in [-0.2, -0.15) is 0 Å². The molecule has 1 aromatic carbocycles. The number of ether oxygens (including phenoxy) is 2. The normalized spacial score (nSPS) is 15.2. The summed E-state index contributed by atoms with van der Waals surface area (Å²) >= 11 is 0. The van der Waals surface area contributed by atoms with E-state index < -0.39 is 0 Å². The Morgan fingerprint density at radius 2 is 1.88 bits per heavy atom. The van der Waals surface area contributed by atoms with Crippen LogP contribution in [0.1, 0.15) is 11.8 Å². The fourth-order valence-electron chi connectivity index (χ4n) is 2.72. The summed E-state index contributed by atoms with van der Waals surface area (Å²) in [6.07, 6.45) is 0. The summed E-state index contributed by atoms with van der Waals surface area (Å²) in [6, 6.07) is 7.30. The first kappa shape index (κ1) is 17.2. The Bertz CT molecular complexity index is 710. The number of carbonyl (C=O) groups excluding carboxylic acids is 1. The van der Waals surface area contributed by atoms with Crippen molar-refractivity contribution in [3.63, 3.8) is 0 Å². The average molecular weight is 346 g/mol. The van der Waals surface area contributed by atoms with Crippen molar-refractivity contribution < 1.29 is 18.7 Å². The number of carbonyl (C=O) groups is 1. The molecular formula is C17H22N4O4. The number of methoxy groups -OCH3 is 1. The molecule has 1 saturated heterocycles. The summed E-state index contributed by atoms with van der Waals surface area (Å²) in [5, 5.41) is 7.83. The number of benzene rings is 1. The van der Waals surface area contributed by atoms with E-state index in [0.29, 0.717) is 42.9 Å². The van der Waals surface area contributed by atoms with Crippen LogP contribution in [0.5, 0.6) is 11.5 Å². The van der Waals surface area contributed by atoms with Crippen LogP contribution in [0, 0.1) is 6.92 Å². The van der Waals surface area contributed by atoms with Crippen LogP contribution in [0.3, 0.4) is 0 Å². The zero-order valence-corrected chi connectivity index (χ0v) is 14.5. The van der Waals surface area contributed by atoms with Gasteiger partial charge in [-0.1, -0.05) is 12.1 Å². The summed E-state index contributed by atoms with van der Waals surface area (Å²) in [5.74, 6) is 2.34. The highest BCUT2D eigenvalue weighted by Crippen LogP contribution is 2.25. The lowest BCUT2D eigenvalue weighted by atomic mass is 10.3. The lowest BCUT2D eigenvalue weighted by molar-refractivity contribution is -0.135. The smallest absolute Gasteiger partial charge is 0.260 e. The largest absolute Gasteiger partial charge is 0.493 e. The van der Waals surface area contributed by atoms with Gasteiger partial charge < -0.3 is 18.8 Å². The fraction of sp³-hybridized carbons (Fsp3) is 0.471. The molecule has 0 saturated carbocycles. The number of hydrogen-bond donors (Lipinski definition) is 0. The van der Waals surface area contributed by atoms with E-state index in [1.165, 1.54) is 0 Å². The van der Waals surface area contributed by atoms with E-state index in [0.717, 1.165) is 13.1 Å². The second kappa shape index (κ2) is 7.98. The molecular weight excluding hydrogens is 324 g/mol. The van der Waals surface area contributed by atoms with E-state index in [9.17, 15) is 4.79 Å². The molecule has 2 aromatic rings. The van der Waals surface area contributed by atoms with Crippen molar-refractivity contribution >= 4 is 5.91 Å². The van der Waals surface area contributed by atoms with Crippen LogP contribution in [0.4, 0.5) is 0 Å². The van der Waals surface area contributed by atoms with Gasteiger partial charge in [0.25, 0.3) is 5.91 Å². The van der Waals surface area contributed by atoms with Gasteiger partial charge in [0.05, 0.1) is 13.7 Å². The molecule has 8 nitrogen and oxygen atoms in total. The molecule has 134 valence electrons. The van der Waals surface area contributed by atoms with Crippen molar-refractivity contribution in [3.05, 3.63) is 36.0 Å². The minimum atomic E-state index is -0.0285. The van der Waals surface area contributed by atoms with Gasteiger partial charge >= 0.3 is 0 Å². The highest BCUT2D eigenvalue weighted by molar-refractivity contribution is 5.78. The van der Waals surface area contributed by atoms with Gasteiger partial charge in [-0.15, -0.1) is 10.2 Å². The topological polar surface area (TPSA) is 80.9 Å². The summed E-state index contributed by atoms with van der Waals surface area (Å²) in [4.78, 5) is 16.3. The first-order chi connectivity index (χ1) is 12.2. The molecule has 0 radical (unpaired) electrons. The zero-order chi connectivity index (χ0) is 17.6. The molecule has 1 amide bonds. The van der Waals surface area contributed by atoms with Gasteiger partial charge in [-0.05, 0) is 12.1 Å². The van der Waals surface area contributed by atoms with E-state index in [2.05, 4.69) is 15.1 Å². The van der Waals surface area contributed by atoms with Crippen LogP contribution >= 0.6 is 0 Å². The van der Waals surface area contributed by atoms with Gasteiger partial charge in [-0.25, -0.2) is 0 Å². The highest BCUT2D eigenvalue weighted by Gasteiger charge is 2.22. The number of nitrogens with zero attached hydrogens (tertiary/aromatic N) is 4. The summed E-state index contributed by atoms with van der Waals surface area (Å²) < 4.78 is 16.2. The fourth-order valence-corrected chi connectivity index (χ4v) is 2.72. The predicted molar refractivity (Wildman–Crippen MR) is 89.4 cm³/mol. The first-order valence-electron chi connectivity index (χ1n) is 8.20. The van der Waals surface area contributed by atoms with E-state index >= 15 is 0 Å². The quantitative estimate of drug-likeness (QED) is 0.775. The number of aromatic nitrogens is 2. The number of para-hydroxylation sites is 2. The molecule has 0 unspecified atom stereocenters. The zero-order valence-electron chi connectivity index (χ0n) is 14.5. The van der Waals surface area contributed by atoms with Crippen LogP contribution < -0.4 is 9.47 Å². The number of aryl methyl sites for hydroxylation is 1. The second-order valence-electron chi connectivity index (χ2n) is 5.81. The summed E-state index contributed by atoms with van der Waals surface area (Å²) in [6.45, 7) is 5.23. The Labute approximate surface area is 146 Å². The van der Waals surface area contributed by atoms with Crippen molar-refractivity contribution in [2.75, 3.05) is 39.9 Å². The molecule has 1 aliphatic rings. The van der Waals surface area contributed by atoms with Crippen molar-refractivity contribution in [1.82, 2.24) is 20.0 Å². The first-order valence-corrected chi connectivity index (χ1v) is 8.20. The predicted octanol–water partition coefficient (Wildman–Crippen LogP) is 1.11. The molecule has 1 aliphatic heterocycles. The molecule has 2 heterocycles. The molecule has 25 heavy (non-hydrogen) atoms. The summed E-state index contributed by atoms with van der Waals surface area (Å²) in [7, 11) is 1.58. The number of hydrogen-bond acceptors (Lipinski definition) is 7. The molecule has 1 aromatic heterocycles. The van der Waals surface area contributed by atoms with Gasteiger partial charge in [0.1, 0.15) is 0 Å². The Hall–Kier alpha value is -2.61. The van der Waals surface area contributed by atoms with E-state index in [1.54, 1.807) is 26.2 Å². The molecule has 1 fully saturated rings. The maximum Gasteiger partial charge on any atom is 0.260 e. The molecule has 0 N–H and O–H groups in total. The molecule has 0 aliphatic carbocycles. The monoisotopic (exact) mass is 346 g/mol. The second-order valence-corrected chi connectivity index (χ2v) is 5.81. The van der Waals surface area contributed by atoms with Crippen molar-refractivity contribution in [3.8, 4) is 11.5 Å². The summed E-state index contributed by atoms with van der Waals surface area (Å²) in [5.41, 5.74) is 0. The Morgan fingerprint density at radius 3 is 2.52 bits per heavy atom. The van der Waals surface area contributed by atoms with Crippen LogP contribution in [0.25, 0.3) is 0 Å². The standard InChI is InChI=1S/C17H22N4O4/c1-13-18-19-16(25-13)11-20-7-9-21(10-8-20)17(22)12-24-15-6-4-3-5-14(15)23-2/h3-6H,7-12H2,1-2H3. The minimum absolute atomic E-state index is 0.00320. The molecule has 3 rings (SSSR count). The van der Waals surface area contributed by atoms with Crippen molar-refractivity contribution in [1.29, 1.82) is 0 Å². The Kier molecular flexibility index (Phi) is 5.49. The molecule has 0 spiro atoms. The van der Waals surface area contributed by atoms with Crippen LogP contribution in [-0.4, -0.2) is 65.8 Å². The number of rotatable bonds is 6. The molecule has 0 bridgehead atoms. The average Bonchev–Trinajstić information content (AvgIpc) is 3.05. The molecule has 0 atom stereocenters. The van der Waals surface area contributed by atoms with E-state index in [-0.39, 0.29) is 12.5 Å². The van der Waals surface area contributed by atoms with Gasteiger partial charge in [0.15, 0.2) is 18.1 Å².